The number of para-hydroxylation sites is 1. The van der Waals surface area contributed by atoms with Gasteiger partial charge in [0.2, 0.25) is 0 Å². The Bertz CT molecular complexity index is 1370. The molecule has 1 N–H and O–H groups in total. The molecule has 5 rings (SSSR count). The van der Waals surface area contributed by atoms with Gasteiger partial charge in [0.25, 0.3) is 5.56 Å². The van der Waals surface area contributed by atoms with Crippen molar-refractivity contribution < 1.29 is 4.73 Å². The molecule has 0 radical (unpaired) electrons. The van der Waals surface area contributed by atoms with Crippen molar-refractivity contribution in [2.45, 2.75) is 12.8 Å². The van der Waals surface area contributed by atoms with Gasteiger partial charge in [-0.25, -0.2) is 4.98 Å². The van der Waals surface area contributed by atoms with E-state index in [4.69, 9.17) is 0 Å². The maximum Gasteiger partial charge on any atom is 0.268 e. The lowest BCUT2D eigenvalue weighted by Crippen LogP contribution is -2.23. The number of nitrogens with one attached hydrogen (secondary N) is 1. The topological polar surface area (TPSA) is 90.5 Å². The number of aryl methyl sites for hydroxylation is 2. The van der Waals surface area contributed by atoms with E-state index in [-0.39, 0.29) is 5.56 Å². The zero-order valence-corrected chi connectivity index (χ0v) is 15.4. The van der Waals surface area contributed by atoms with Crippen molar-refractivity contribution in [3.8, 4) is 5.69 Å². The molecule has 0 aliphatic carbocycles. The molecule has 0 saturated carbocycles. The van der Waals surface area contributed by atoms with Gasteiger partial charge in [-0.15, -0.1) is 0 Å². The number of aromatic amines is 1. The Morgan fingerprint density at radius 3 is 2.59 bits per heavy atom. The van der Waals surface area contributed by atoms with E-state index in [0.29, 0.717) is 29.4 Å². The molecule has 0 fully saturated rings. The minimum absolute atomic E-state index is 0.147. The van der Waals surface area contributed by atoms with E-state index < -0.39 is 0 Å². The van der Waals surface area contributed by atoms with Crippen LogP contribution in [0.15, 0.2) is 78.0 Å². The van der Waals surface area contributed by atoms with E-state index in [1.165, 1.54) is 12.4 Å². The number of aromatic nitrogens is 5. The van der Waals surface area contributed by atoms with Crippen molar-refractivity contribution in [3.63, 3.8) is 0 Å². The lowest BCUT2D eigenvalue weighted by molar-refractivity contribution is -0.605. The smallest absolute Gasteiger partial charge is 0.268 e. The first-order chi connectivity index (χ1) is 14.2. The quantitative estimate of drug-likeness (QED) is 0.382. The largest absolute Gasteiger partial charge is 0.619 e. The molecule has 1 aromatic carbocycles. The number of rotatable bonds is 4. The lowest BCUT2D eigenvalue weighted by Gasteiger charge is -2.10. The lowest BCUT2D eigenvalue weighted by atomic mass is 10.1. The second-order valence-corrected chi connectivity index (χ2v) is 6.84. The number of fused-ring (bicyclic) bond motifs is 3. The van der Waals surface area contributed by atoms with E-state index in [9.17, 15) is 10.0 Å². The van der Waals surface area contributed by atoms with Crippen molar-refractivity contribution in [2.24, 2.45) is 0 Å². The fraction of sp³-hybridized carbons (Fsp3) is 0.0909. The molecular formula is C22H17N5O2. The number of nitrogens with zero attached hydrogens (tertiary/aromatic N) is 4. The fourth-order valence-corrected chi connectivity index (χ4v) is 3.65. The van der Waals surface area contributed by atoms with E-state index in [0.717, 1.165) is 27.1 Å². The van der Waals surface area contributed by atoms with Crippen molar-refractivity contribution in [2.75, 3.05) is 0 Å². The Balaban J connectivity index is 1.69. The van der Waals surface area contributed by atoms with Gasteiger partial charge in [-0.2, -0.15) is 9.83 Å². The van der Waals surface area contributed by atoms with Crippen molar-refractivity contribution in [1.82, 2.24) is 19.7 Å². The summed E-state index contributed by atoms with van der Waals surface area (Å²) in [5.74, 6) is 0. The van der Waals surface area contributed by atoms with Crippen LogP contribution in [0.25, 0.3) is 27.6 Å². The average molecular weight is 383 g/mol. The zero-order chi connectivity index (χ0) is 19.8. The average Bonchev–Trinajstić information content (AvgIpc) is 3.19. The third kappa shape index (κ3) is 2.93. The summed E-state index contributed by atoms with van der Waals surface area (Å²) in [5, 5.41) is 20.1. The molecule has 0 aliphatic rings. The second-order valence-electron chi connectivity index (χ2n) is 6.84. The van der Waals surface area contributed by atoms with Gasteiger partial charge in [-0.3, -0.25) is 14.5 Å². The Morgan fingerprint density at radius 1 is 1.00 bits per heavy atom. The number of hydrogen-bond donors (Lipinski definition) is 1. The number of hydrogen-bond acceptors (Lipinski definition) is 4. The standard InChI is InChI=1S/C22H17N5O2/c28-22-19-18(9-8-15-10-13-26(29)14-11-15)24-25-20(19)17-7-4-12-23-21(17)27(22)16-5-2-1-3-6-16/h1-7,10-14H,8-9H2,(H,24,25). The minimum Gasteiger partial charge on any atom is -0.619 e. The molecule has 7 nitrogen and oxygen atoms in total. The van der Waals surface area contributed by atoms with Crippen LogP contribution in [0.1, 0.15) is 11.3 Å². The maximum atomic E-state index is 13.5. The summed E-state index contributed by atoms with van der Waals surface area (Å²) >= 11 is 0. The van der Waals surface area contributed by atoms with E-state index in [1.54, 1.807) is 22.9 Å². The highest BCUT2D eigenvalue weighted by Crippen LogP contribution is 2.24. The molecular weight excluding hydrogens is 366 g/mol. The summed E-state index contributed by atoms with van der Waals surface area (Å²) in [7, 11) is 0. The molecule has 0 atom stereocenters. The molecule has 0 unspecified atom stereocenters. The number of benzene rings is 1. The van der Waals surface area contributed by atoms with Crippen molar-refractivity contribution >= 4 is 21.9 Å². The van der Waals surface area contributed by atoms with Gasteiger partial charge in [0.1, 0.15) is 11.2 Å². The van der Waals surface area contributed by atoms with Gasteiger partial charge in [-0.05, 0) is 42.7 Å². The molecule has 29 heavy (non-hydrogen) atoms. The fourth-order valence-electron chi connectivity index (χ4n) is 3.65. The minimum atomic E-state index is -0.147. The van der Waals surface area contributed by atoms with Gasteiger partial charge < -0.3 is 5.21 Å². The molecule has 142 valence electrons. The van der Waals surface area contributed by atoms with Crippen LogP contribution in [-0.4, -0.2) is 19.7 Å². The highest BCUT2D eigenvalue weighted by atomic mass is 16.5. The van der Waals surface area contributed by atoms with Gasteiger partial charge in [0.15, 0.2) is 12.4 Å². The number of H-pyrrole nitrogens is 1. The maximum absolute atomic E-state index is 13.5. The van der Waals surface area contributed by atoms with Crippen molar-refractivity contribution in [1.29, 1.82) is 0 Å². The molecule has 4 aromatic heterocycles. The van der Waals surface area contributed by atoms with Crippen LogP contribution in [0, 0.1) is 5.21 Å². The second kappa shape index (κ2) is 6.87. The van der Waals surface area contributed by atoms with E-state index in [1.807, 2.05) is 42.5 Å². The Hall–Kier alpha value is -4.00. The summed E-state index contributed by atoms with van der Waals surface area (Å²) in [6, 6.07) is 16.8. The summed E-state index contributed by atoms with van der Waals surface area (Å²) < 4.78 is 2.40. The van der Waals surface area contributed by atoms with Gasteiger partial charge in [0.05, 0.1) is 11.1 Å². The summed E-state index contributed by atoms with van der Waals surface area (Å²) in [5.41, 5.74) is 3.62. The highest BCUT2D eigenvalue weighted by Gasteiger charge is 2.18. The first kappa shape index (κ1) is 17.1. The predicted octanol–water partition coefficient (Wildman–Crippen LogP) is 2.68. The van der Waals surface area contributed by atoms with Crippen LogP contribution in [0.2, 0.25) is 0 Å². The molecule has 4 heterocycles. The normalized spacial score (nSPS) is 11.3. The van der Waals surface area contributed by atoms with Crippen LogP contribution in [-0.2, 0) is 12.8 Å². The summed E-state index contributed by atoms with van der Waals surface area (Å²) in [6.07, 6.45) is 5.92. The van der Waals surface area contributed by atoms with Crippen molar-refractivity contribution in [3.05, 3.63) is 100 Å². The zero-order valence-electron chi connectivity index (χ0n) is 15.4. The molecule has 0 bridgehead atoms. The van der Waals surface area contributed by atoms with Gasteiger partial charge >= 0.3 is 0 Å². The monoisotopic (exact) mass is 383 g/mol. The first-order valence-corrected chi connectivity index (χ1v) is 9.32. The van der Waals surface area contributed by atoms with Crippen LogP contribution in [0.5, 0.6) is 0 Å². The summed E-state index contributed by atoms with van der Waals surface area (Å²) in [4.78, 5) is 18.0. The van der Waals surface area contributed by atoms with Gasteiger partial charge in [-0.1, -0.05) is 18.2 Å². The first-order valence-electron chi connectivity index (χ1n) is 9.32. The molecule has 0 saturated heterocycles. The van der Waals surface area contributed by atoms with Gasteiger partial charge in [0, 0.05) is 29.4 Å². The number of pyridine rings is 3. The Morgan fingerprint density at radius 2 is 1.79 bits per heavy atom. The van der Waals surface area contributed by atoms with Crippen LogP contribution >= 0.6 is 0 Å². The molecule has 7 heteroatoms. The SMILES string of the molecule is O=c1c2c(CCc3cc[n+]([O-])cc3)[nH]nc2c2cccnc2n1-c1ccccc1. The summed E-state index contributed by atoms with van der Waals surface area (Å²) in [6.45, 7) is 0. The molecule has 0 amide bonds. The van der Waals surface area contributed by atoms with Crippen LogP contribution < -0.4 is 10.3 Å². The van der Waals surface area contributed by atoms with Crippen LogP contribution in [0.4, 0.5) is 0 Å². The van der Waals surface area contributed by atoms with Crippen LogP contribution in [0.3, 0.4) is 0 Å². The third-order valence-corrected chi connectivity index (χ3v) is 5.06. The molecule has 0 spiro atoms. The third-order valence-electron chi connectivity index (χ3n) is 5.06. The van der Waals surface area contributed by atoms with E-state index >= 15 is 0 Å². The predicted molar refractivity (Wildman–Crippen MR) is 110 cm³/mol. The highest BCUT2D eigenvalue weighted by molar-refractivity contribution is 6.03. The molecule has 0 aliphatic heterocycles. The molecule has 5 aromatic rings. The van der Waals surface area contributed by atoms with E-state index in [2.05, 4.69) is 15.2 Å². The Labute approximate surface area is 165 Å². The Kier molecular flexibility index (Phi) is 4.05.